The molecule has 0 aliphatic rings. The van der Waals surface area contributed by atoms with Gasteiger partial charge in [0.1, 0.15) is 28.7 Å². The summed E-state index contributed by atoms with van der Waals surface area (Å²) in [7, 11) is 3.18. The van der Waals surface area contributed by atoms with Crippen LogP contribution in [0.4, 0.5) is 11.4 Å². The first kappa shape index (κ1) is 42.6. The predicted octanol–water partition coefficient (Wildman–Crippen LogP) is 9.56. The largest absolute Gasteiger partial charge is 0.507 e. The Morgan fingerprint density at radius 2 is 0.948 bits per heavy atom. The molecule has 0 saturated carbocycles. The van der Waals surface area contributed by atoms with Crippen LogP contribution in [0.25, 0.3) is 21.5 Å². The number of para-hydroxylation sites is 2. The van der Waals surface area contributed by atoms with E-state index in [1.165, 1.54) is 16.5 Å². The highest BCUT2D eigenvalue weighted by atomic mass is 32.2. The van der Waals surface area contributed by atoms with Gasteiger partial charge >= 0.3 is 22.5 Å². The van der Waals surface area contributed by atoms with Gasteiger partial charge in [-0.2, -0.15) is 8.42 Å². The summed E-state index contributed by atoms with van der Waals surface area (Å²) in [6, 6.07) is 39.8. The molecular weight excluding hydrogens is 775 g/mol. The van der Waals surface area contributed by atoms with Crippen molar-refractivity contribution in [1.82, 2.24) is 4.90 Å². The number of benzene rings is 7. The molecule has 0 saturated heterocycles. The molecule has 58 heavy (non-hydrogen) atoms. The number of hydrogen-bond donors (Lipinski definition) is 5. The number of anilines is 2. The molecule has 0 aliphatic heterocycles. The van der Waals surface area contributed by atoms with Crippen LogP contribution in [-0.4, -0.2) is 48.6 Å². The second kappa shape index (κ2) is 19.5. The van der Waals surface area contributed by atoms with E-state index in [0.717, 1.165) is 27.3 Å². The fourth-order valence-corrected chi connectivity index (χ4v) is 7.23. The second-order valence-electron chi connectivity index (χ2n) is 13.4. The quantitative estimate of drug-likeness (QED) is 0.0712. The zero-order valence-corrected chi connectivity index (χ0v) is 34.5. The molecule has 1 amide bonds. The Bertz CT molecular complexity index is 2590. The number of carbonyl (C=O) groups is 1. The molecule has 7 aromatic rings. The summed E-state index contributed by atoms with van der Waals surface area (Å²) in [4.78, 5) is 13.4. The highest BCUT2D eigenvalue weighted by Gasteiger charge is 2.17. The third-order valence-electron chi connectivity index (χ3n) is 8.80. The number of fused-ring (bicyclic) bond motifs is 2. The summed E-state index contributed by atoms with van der Waals surface area (Å²) in [5, 5.41) is 33.9. The van der Waals surface area contributed by atoms with E-state index in [4.69, 9.17) is 8.37 Å². The van der Waals surface area contributed by atoms with Crippen LogP contribution in [0.2, 0.25) is 0 Å². The Kier molecular flexibility index (Phi) is 14.3. The molecule has 2 unspecified atom stereocenters. The van der Waals surface area contributed by atoms with Gasteiger partial charge in [0.15, 0.2) is 0 Å². The van der Waals surface area contributed by atoms with Crippen molar-refractivity contribution in [1.29, 1.82) is 0 Å². The maximum Gasteiger partial charge on any atom is 0.316 e. The van der Waals surface area contributed by atoms with Crippen LogP contribution in [0.3, 0.4) is 0 Å². The van der Waals surface area contributed by atoms with Crippen LogP contribution in [0.5, 0.6) is 28.7 Å². The van der Waals surface area contributed by atoms with E-state index in [2.05, 4.69) is 16.4 Å². The minimum atomic E-state index is -1.83. The van der Waals surface area contributed by atoms with Crippen LogP contribution >= 0.6 is 0 Å². The number of amides is 1. The summed E-state index contributed by atoms with van der Waals surface area (Å²) in [6.45, 7) is 7.59. The average Bonchev–Trinajstić information content (AvgIpc) is 3.21. The Labute approximate surface area is 343 Å². The summed E-state index contributed by atoms with van der Waals surface area (Å²) in [5.41, 5.74) is 4.56. The summed E-state index contributed by atoms with van der Waals surface area (Å²) >= 11 is -3.62. The maximum absolute atomic E-state index is 12.1. The van der Waals surface area contributed by atoms with E-state index in [9.17, 15) is 28.5 Å². The molecule has 13 heteroatoms. The van der Waals surface area contributed by atoms with Crippen LogP contribution in [0, 0.1) is 27.7 Å². The van der Waals surface area contributed by atoms with E-state index >= 15 is 0 Å². The topological polar surface area (TPSA) is 158 Å². The second-order valence-corrected chi connectivity index (χ2v) is 15.1. The molecule has 7 rings (SSSR count). The maximum atomic E-state index is 12.1. The van der Waals surface area contributed by atoms with Gasteiger partial charge in [-0.15, -0.1) is 0 Å². The molecule has 0 radical (unpaired) electrons. The lowest BCUT2D eigenvalue weighted by Gasteiger charge is -2.15. The van der Waals surface area contributed by atoms with Crippen molar-refractivity contribution in [2.45, 2.75) is 27.7 Å². The number of nitrogens with zero attached hydrogens (tertiary/aromatic N) is 1. The van der Waals surface area contributed by atoms with Gasteiger partial charge in [0.2, 0.25) is 0 Å². The van der Waals surface area contributed by atoms with Gasteiger partial charge in [0.05, 0.1) is 16.9 Å². The molecule has 0 fully saturated rings. The molecule has 0 heterocycles. The zero-order chi connectivity index (χ0) is 41.9. The van der Waals surface area contributed by atoms with E-state index in [1.54, 1.807) is 81.7 Å². The van der Waals surface area contributed by atoms with Crippen molar-refractivity contribution < 1.29 is 36.9 Å². The minimum Gasteiger partial charge on any atom is -0.507 e. The number of aryl methyl sites for hydroxylation is 4. The van der Waals surface area contributed by atoms with E-state index in [-0.39, 0.29) is 23.0 Å². The molecule has 11 nitrogen and oxygen atoms in total. The van der Waals surface area contributed by atoms with Gasteiger partial charge in [-0.1, -0.05) is 91.0 Å². The van der Waals surface area contributed by atoms with Crippen molar-refractivity contribution in [2.75, 3.05) is 23.5 Å². The van der Waals surface area contributed by atoms with Gasteiger partial charge in [0.25, 0.3) is 5.91 Å². The van der Waals surface area contributed by atoms with Gasteiger partial charge in [-0.05, 0) is 103 Å². The number of aromatic hydroxyl groups is 3. The first-order valence-corrected chi connectivity index (χ1v) is 20.2. The average molecular weight is 820 g/mol. The van der Waals surface area contributed by atoms with Crippen LogP contribution in [0.15, 0.2) is 133 Å². The van der Waals surface area contributed by atoms with Gasteiger partial charge < -0.3 is 28.6 Å². The van der Waals surface area contributed by atoms with Crippen molar-refractivity contribution in [3.8, 4) is 28.7 Å². The number of phenols is 3. The predicted molar refractivity (Wildman–Crippen MR) is 234 cm³/mol. The van der Waals surface area contributed by atoms with Crippen molar-refractivity contribution in [2.24, 2.45) is 0 Å². The SMILES string of the molecule is Cc1cc(C)c2ccccc2c1O.Cc1cc(NS(=O)Oc2ccccc2)c(O)c2ccccc12.Cc1cc(NS(=O)Oc2ccccc2)cc(C(=O)N(C)C)c1O. The number of rotatable bonds is 9. The smallest absolute Gasteiger partial charge is 0.316 e. The van der Waals surface area contributed by atoms with E-state index in [1.807, 2.05) is 80.6 Å². The Balaban J connectivity index is 0.000000172. The lowest BCUT2D eigenvalue weighted by Crippen LogP contribution is -2.22. The lowest BCUT2D eigenvalue weighted by atomic mass is 10.0. The van der Waals surface area contributed by atoms with Crippen molar-refractivity contribution >= 4 is 61.4 Å². The first-order valence-electron chi connectivity index (χ1n) is 18.0. The number of phenolic OH excluding ortho intramolecular Hbond substituents is 3. The highest BCUT2D eigenvalue weighted by molar-refractivity contribution is 7.82. The van der Waals surface area contributed by atoms with Crippen molar-refractivity contribution in [3.05, 3.63) is 161 Å². The molecule has 300 valence electrons. The summed E-state index contributed by atoms with van der Waals surface area (Å²) in [6.07, 6.45) is 0. The van der Waals surface area contributed by atoms with Gasteiger partial charge in [-0.25, -0.2) is 0 Å². The lowest BCUT2D eigenvalue weighted by molar-refractivity contribution is 0.0824. The normalized spacial score (nSPS) is 11.6. The van der Waals surface area contributed by atoms with Crippen LogP contribution < -0.4 is 17.8 Å². The fraction of sp³-hybridized carbons (Fsp3) is 0.133. The standard InChI is InChI=1S/C17H15NO3S.C16H18N2O4S.C12H12O/c1-12-11-16(17(19)15-10-6-5-9-14(12)15)18-22(20)21-13-7-3-2-4-8-13;1-11-9-12(10-14(15(11)19)16(20)18(2)3)17-23(21)22-13-7-5-4-6-8-13;1-8-7-9(2)12(13)11-6-4-3-5-10(8)11/h2-11,18-19H,1H3;4-10,17,19H,1-3H3;3-7,13H,1-2H3. The summed E-state index contributed by atoms with van der Waals surface area (Å²) in [5.74, 6) is 0.976. The van der Waals surface area contributed by atoms with Crippen LogP contribution in [-0.2, 0) is 22.5 Å². The molecule has 0 aliphatic carbocycles. The fourth-order valence-electron chi connectivity index (χ4n) is 5.93. The van der Waals surface area contributed by atoms with Crippen LogP contribution in [0.1, 0.15) is 32.6 Å². The third-order valence-corrected chi connectivity index (χ3v) is 10.3. The van der Waals surface area contributed by atoms with E-state index < -0.39 is 22.5 Å². The first-order chi connectivity index (χ1) is 27.7. The van der Waals surface area contributed by atoms with Gasteiger partial charge in [-0.3, -0.25) is 14.2 Å². The summed E-state index contributed by atoms with van der Waals surface area (Å²) < 4.78 is 39.9. The van der Waals surface area contributed by atoms with Gasteiger partial charge in [0, 0.05) is 24.9 Å². The molecule has 0 spiro atoms. The molecule has 7 aromatic carbocycles. The Hall–Kier alpha value is -6.57. The minimum absolute atomic E-state index is 0.0613. The number of nitrogens with one attached hydrogen (secondary N) is 2. The number of carbonyl (C=O) groups excluding carboxylic acids is 1. The van der Waals surface area contributed by atoms with Crippen molar-refractivity contribution in [3.63, 3.8) is 0 Å². The molecule has 0 bridgehead atoms. The molecule has 0 aromatic heterocycles. The van der Waals surface area contributed by atoms with E-state index in [0.29, 0.717) is 39.6 Å². The Morgan fingerprint density at radius 1 is 0.517 bits per heavy atom. The third kappa shape index (κ3) is 10.8. The molecule has 2 atom stereocenters. The highest BCUT2D eigenvalue weighted by Crippen LogP contribution is 2.35. The zero-order valence-electron chi connectivity index (χ0n) is 32.8. The monoisotopic (exact) mass is 819 g/mol. The number of hydrogen-bond acceptors (Lipinski definition) is 8. The molecular formula is C45H45N3O8S2. The molecule has 5 N–H and O–H groups in total. The Morgan fingerprint density at radius 3 is 1.47 bits per heavy atom.